The van der Waals surface area contributed by atoms with E-state index in [0.717, 1.165) is 28.1 Å². The zero-order valence-electron chi connectivity index (χ0n) is 18.1. The normalized spacial score (nSPS) is 15.8. The summed E-state index contributed by atoms with van der Waals surface area (Å²) in [6.07, 6.45) is -4.22. The lowest BCUT2D eigenvalue weighted by atomic mass is 9.97. The first-order chi connectivity index (χ1) is 15.4. The number of alkyl halides is 3. The number of aryl methyl sites for hydroxylation is 1. The Morgan fingerprint density at radius 1 is 1.00 bits per heavy atom. The molecular formula is C22H24F3N3O4S. The van der Waals surface area contributed by atoms with E-state index < -0.39 is 32.6 Å². The minimum atomic E-state index is -4.65. The molecule has 2 aromatic carbocycles. The maximum atomic E-state index is 13.0. The fraction of sp³-hybridized carbons (Fsp3) is 0.364. The van der Waals surface area contributed by atoms with Crippen molar-refractivity contribution in [3.05, 3.63) is 53.6 Å². The molecular weight excluding hydrogens is 459 g/mol. The highest BCUT2D eigenvalue weighted by molar-refractivity contribution is 7.89. The molecule has 1 saturated heterocycles. The summed E-state index contributed by atoms with van der Waals surface area (Å²) in [6.45, 7) is 3.20. The second kappa shape index (κ2) is 9.52. The van der Waals surface area contributed by atoms with Gasteiger partial charge in [-0.15, -0.1) is 0 Å². The molecule has 0 radical (unpaired) electrons. The molecule has 0 aliphatic carbocycles. The number of carbonyl (C=O) groups is 2. The molecule has 1 aliphatic heterocycles. The maximum Gasteiger partial charge on any atom is 0.416 e. The molecule has 0 spiro atoms. The number of nitrogens with one attached hydrogen (secondary N) is 2. The molecule has 0 aromatic heterocycles. The van der Waals surface area contributed by atoms with Gasteiger partial charge < -0.3 is 10.6 Å². The third-order valence-corrected chi connectivity index (χ3v) is 7.26. The number of hydrogen-bond acceptors (Lipinski definition) is 4. The average Bonchev–Trinajstić information content (AvgIpc) is 2.75. The highest BCUT2D eigenvalue weighted by Crippen LogP contribution is 2.32. The summed E-state index contributed by atoms with van der Waals surface area (Å²) < 4.78 is 65.7. The van der Waals surface area contributed by atoms with Crippen molar-refractivity contribution >= 4 is 33.2 Å². The molecule has 1 fully saturated rings. The van der Waals surface area contributed by atoms with E-state index in [2.05, 4.69) is 10.6 Å². The highest BCUT2D eigenvalue weighted by atomic mass is 32.2. The molecule has 0 saturated carbocycles. The molecule has 2 amide bonds. The van der Waals surface area contributed by atoms with Crippen molar-refractivity contribution < 1.29 is 31.2 Å². The first-order valence-electron chi connectivity index (χ1n) is 10.2. The van der Waals surface area contributed by atoms with Gasteiger partial charge in [-0.25, -0.2) is 8.42 Å². The molecule has 178 valence electrons. The van der Waals surface area contributed by atoms with Gasteiger partial charge in [0.15, 0.2) is 0 Å². The highest BCUT2D eigenvalue weighted by Gasteiger charge is 2.35. The van der Waals surface area contributed by atoms with Gasteiger partial charge in [-0.05, 0) is 55.7 Å². The quantitative estimate of drug-likeness (QED) is 0.672. The van der Waals surface area contributed by atoms with Crippen LogP contribution in [-0.2, 0) is 25.8 Å². The Kier molecular flexibility index (Phi) is 7.13. The van der Waals surface area contributed by atoms with Crippen molar-refractivity contribution in [1.29, 1.82) is 0 Å². The molecule has 33 heavy (non-hydrogen) atoms. The van der Waals surface area contributed by atoms with E-state index in [0.29, 0.717) is 17.4 Å². The van der Waals surface area contributed by atoms with E-state index in [-0.39, 0.29) is 37.7 Å². The molecule has 7 nitrogen and oxygen atoms in total. The van der Waals surface area contributed by atoms with Gasteiger partial charge in [-0.2, -0.15) is 17.5 Å². The fourth-order valence-corrected chi connectivity index (χ4v) is 5.15. The number of hydrogen-bond donors (Lipinski definition) is 2. The summed E-state index contributed by atoms with van der Waals surface area (Å²) in [4.78, 5) is 23.8. The fourth-order valence-electron chi connectivity index (χ4n) is 3.64. The lowest BCUT2D eigenvalue weighted by Gasteiger charge is -2.30. The van der Waals surface area contributed by atoms with Gasteiger partial charge in [0.1, 0.15) is 0 Å². The Hall–Kier alpha value is -2.92. The standard InChI is InChI=1S/C22H24F3N3O4S/c1-14-6-7-19(26-15(2)29)20(12-14)27-21(30)16-8-10-28(11-9-16)33(31,32)18-5-3-4-17(13-18)22(23,24)25/h3-7,12-13,16H,8-11H2,1-2H3,(H,26,29)(H,27,30). The van der Waals surface area contributed by atoms with Crippen LogP contribution in [0.5, 0.6) is 0 Å². The molecule has 2 N–H and O–H groups in total. The van der Waals surface area contributed by atoms with Crippen LogP contribution in [-0.4, -0.2) is 37.6 Å². The summed E-state index contributed by atoms with van der Waals surface area (Å²) in [6, 6.07) is 8.81. The van der Waals surface area contributed by atoms with Gasteiger partial charge in [0.2, 0.25) is 21.8 Å². The van der Waals surface area contributed by atoms with Crippen molar-refractivity contribution in [3.63, 3.8) is 0 Å². The van der Waals surface area contributed by atoms with Crippen LogP contribution in [0, 0.1) is 12.8 Å². The zero-order chi connectivity index (χ0) is 24.4. The second-order valence-electron chi connectivity index (χ2n) is 7.92. The summed E-state index contributed by atoms with van der Waals surface area (Å²) in [5.74, 6) is -1.09. The topological polar surface area (TPSA) is 95.6 Å². The number of nitrogens with zero attached hydrogens (tertiary/aromatic N) is 1. The second-order valence-corrected chi connectivity index (χ2v) is 9.86. The number of halogens is 3. The maximum absolute atomic E-state index is 13.0. The van der Waals surface area contributed by atoms with E-state index in [9.17, 15) is 31.2 Å². The van der Waals surface area contributed by atoms with Gasteiger partial charge in [-0.1, -0.05) is 12.1 Å². The third kappa shape index (κ3) is 5.91. The molecule has 0 atom stereocenters. The van der Waals surface area contributed by atoms with E-state index in [1.54, 1.807) is 18.2 Å². The van der Waals surface area contributed by atoms with Gasteiger partial charge in [-0.3, -0.25) is 9.59 Å². The van der Waals surface area contributed by atoms with Crippen LogP contribution >= 0.6 is 0 Å². The number of carbonyl (C=O) groups excluding carboxylic acids is 2. The van der Waals surface area contributed by atoms with Gasteiger partial charge in [0.25, 0.3) is 0 Å². The first-order valence-corrected chi connectivity index (χ1v) is 11.7. The predicted octanol–water partition coefficient (Wildman–Crippen LogP) is 4.01. The molecule has 2 aromatic rings. The predicted molar refractivity (Wildman–Crippen MR) is 117 cm³/mol. The van der Waals surface area contributed by atoms with Crippen molar-refractivity contribution in [1.82, 2.24) is 4.31 Å². The molecule has 0 bridgehead atoms. The summed E-state index contributed by atoms with van der Waals surface area (Å²) >= 11 is 0. The van der Waals surface area contributed by atoms with Crippen LogP contribution in [0.4, 0.5) is 24.5 Å². The van der Waals surface area contributed by atoms with E-state index in [1.807, 2.05) is 6.92 Å². The zero-order valence-corrected chi connectivity index (χ0v) is 18.9. The number of sulfonamides is 1. The Morgan fingerprint density at radius 2 is 1.67 bits per heavy atom. The average molecular weight is 484 g/mol. The van der Waals surface area contributed by atoms with Crippen LogP contribution < -0.4 is 10.6 Å². The monoisotopic (exact) mass is 483 g/mol. The minimum Gasteiger partial charge on any atom is -0.325 e. The van der Waals surface area contributed by atoms with Crippen LogP contribution in [0.15, 0.2) is 47.4 Å². The molecule has 1 heterocycles. The van der Waals surface area contributed by atoms with Gasteiger partial charge in [0.05, 0.1) is 21.8 Å². The first kappa shape index (κ1) is 24.7. The lowest BCUT2D eigenvalue weighted by molar-refractivity contribution is -0.137. The Bertz CT molecular complexity index is 1160. The molecule has 3 rings (SSSR count). The number of rotatable bonds is 5. The minimum absolute atomic E-state index is 0.00301. The molecule has 11 heteroatoms. The Morgan fingerprint density at radius 3 is 2.27 bits per heavy atom. The van der Waals surface area contributed by atoms with E-state index >= 15 is 0 Å². The molecule has 1 aliphatic rings. The summed E-state index contributed by atoms with van der Waals surface area (Å²) in [5, 5.41) is 5.44. The number of benzene rings is 2. The SMILES string of the molecule is CC(=O)Nc1ccc(C)cc1NC(=O)C1CCN(S(=O)(=O)c2cccc(C(F)(F)F)c2)CC1. The lowest BCUT2D eigenvalue weighted by Crippen LogP contribution is -2.41. The van der Waals surface area contributed by atoms with Crippen LogP contribution in [0.1, 0.15) is 30.9 Å². The largest absolute Gasteiger partial charge is 0.416 e. The van der Waals surface area contributed by atoms with Crippen LogP contribution in [0.3, 0.4) is 0 Å². The van der Waals surface area contributed by atoms with E-state index in [1.165, 1.54) is 6.92 Å². The third-order valence-electron chi connectivity index (χ3n) is 5.37. The van der Waals surface area contributed by atoms with Crippen molar-refractivity contribution in [2.75, 3.05) is 23.7 Å². The number of anilines is 2. The molecule has 0 unspecified atom stereocenters. The summed E-state index contributed by atoms with van der Waals surface area (Å²) in [5.41, 5.74) is 0.729. The number of piperidine rings is 1. The van der Waals surface area contributed by atoms with E-state index in [4.69, 9.17) is 0 Å². The van der Waals surface area contributed by atoms with Crippen molar-refractivity contribution in [2.45, 2.75) is 37.8 Å². The van der Waals surface area contributed by atoms with Gasteiger partial charge >= 0.3 is 6.18 Å². The van der Waals surface area contributed by atoms with Gasteiger partial charge in [0, 0.05) is 25.9 Å². The number of amides is 2. The van der Waals surface area contributed by atoms with Crippen LogP contribution in [0.25, 0.3) is 0 Å². The smallest absolute Gasteiger partial charge is 0.325 e. The van der Waals surface area contributed by atoms with Crippen molar-refractivity contribution in [3.8, 4) is 0 Å². The Balaban J connectivity index is 1.68. The summed E-state index contributed by atoms with van der Waals surface area (Å²) in [7, 11) is -4.12. The van der Waals surface area contributed by atoms with Crippen molar-refractivity contribution in [2.24, 2.45) is 5.92 Å². The van der Waals surface area contributed by atoms with Crippen LogP contribution in [0.2, 0.25) is 0 Å². The Labute approximate surface area is 190 Å².